The van der Waals surface area contributed by atoms with Crippen LogP contribution in [-0.2, 0) is 16.6 Å². The van der Waals surface area contributed by atoms with Crippen LogP contribution in [0.5, 0.6) is 0 Å². The summed E-state index contributed by atoms with van der Waals surface area (Å²) >= 11 is 0. The van der Waals surface area contributed by atoms with E-state index in [0.29, 0.717) is 5.56 Å². The van der Waals surface area contributed by atoms with Gasteiger partial charge in [-0.05, 0) is 17.7 Å². The Morgan fingerprint density at radius 2 is 2.05 bits per heavy atom. The van der Waals surface area contributed by atoms with Gasteiger partial charge in [0.2, 0.25) is 0 Å². The Kier molecular flexibility index (Phi) is 4.15. The first kappa shape index (κ1) is 14.9. The van der Waals surface area contributed by atoms with E-state index in [4.69, 9.17) is 5.73 Å². The summed E-state index contributed by atoms with van der Waals surface area (Å²) in [4.78, 5) is 13.8. The van der Waals surface area contributed by atoms with Crippen LogP contribution < -0.4 is 10.5 Å². The highest BCUT2D eigenvalue weighted by Gasteiger charge is 2.18. The lowest BCUT2D eigenvalue weighted by Crippen LogP contribution is -2.25. The summed E-state index contributed by atoms with van der Waals surface area (Å²) in [6.07, 6.45) is 1.32. The van der Waals surface area contributed by atoms with E-state index in [0.717, 1.165) is 0 Å². The first-order valence-electron chi connectivity index (χ1n) is 5.83. The molecule has 0 atom stereocenters. The number of hydrogen-bond acceptors (Lipinski definition) is 6. The van der Waals surface area contributed by atoms with Crippen molar-refractivity contribution < 1.29 is 13.3 Å². The van der Waals surface area contributed by atoms with E-state index in [1.54, 1.807) is 6.07 Å². The van der Waals surface area contributed by atoms with Gasteiger partial charge in [0, 0.05) is 24.9 Å². The van der Waals surface area contributed by atoms with Crippen LogP contribution in [0.4, 0.5) is 11.4 Å². The number of rotatable bonds is 5. The van der Waals surface area contributed by atoms with Crippen molar-refractivity contribution in [3.05, 3.63) is 58.3 Å². The third kappa shape index (κ3) is 3.52. The standard InChI is InChI=1S/C12H12N4O4S/c13-11-5-2-6-14-12(11)21(19,20)15-8-9-3-1-4-10(7-9)16(17)18/h1-7,15H,8,13H2. The molecule has 0 saturated heterocycles. The van der Waals surface area contributed by atoms with Crippen molar-refractivity contribution in [1.82, 2.24) is 9.71 Å². The Hall–Kier alpha value is -2.52. The molecular formula is C12H12N4O4S. The Balaban J connectivity index is 2.18. The molecule has 2 rings (SSSR count). The van der Waals surface area contributed by atoms with E-state index in [-0.39, 0.29) is 22.9 Å². The van der Waals surface area contributed by atoms with Crippen LogP contribution in [-0.4, -0.2) is 18.3 Å². The summed E-state index contributed by atoms with van der Waals surface area (Å²) in [5, 5.41) is 10.4. The fourth-order valence-electron chi connectivity index (χ4n) is 1.65. The monoisotopic (exact) mass is 308 g/mol. The van der Waals surface area contributed by atoms with Gasteiger partial charge in [-0.3, -0.25) is 10.1 Å². The second-order valence-electron chi connectivity index (χ2n) is 4.15. The SMILES string of the molecule is Nc1cccnc1S(=O)(=O)NCc1cccc([N+](=O)[O-])c1. The van der Waals surface area contributed by atoms with Gasteiger partial charge in [0.1, 0.15) is 0 Å². The number of sulfonamides is 1. The number of nitrogens with two attached hydrogens (primary N) is 1. The van der Waals surface area contributed by atoms with Gasteiger partial charge in [-0.2, -0.15) is 0 Å². The minimum absolute atomic E-state index is 0.0315. The topological polar surface area (TPSA) is 128 Å². The van der Waals surface area contributed by atoms with Crippen molar-refractivity contribution in [2.45, 2.75) is 11.6 Å². The molecule has 0 bridgehead atoms. The zero-order valence-corrected chi connectivity index (χ0v) is 11.6. The van der Waals surface area contributed by atoms with Gasteiger partial charge in [-0.15, -0.1) is 0 Å². The van der Waals surface area contributed by atoms with Crippen LogP contribution in [0.25, 0.3) is 0 Å². The van der Waals surface area contributed by atoms with Crippen LogP contribution in [0, 0.1) is 10.1 Å². The number of nitrogens with one attached hydrogen (secondary N) is 1. The molecule has 21 heavy (non-hydrogen) atoms. The highest BCUT2D eigenvalue weighted by Crippen LogP contribution is 2.16. The van der Waals surface area contributed by atoms with Crippen molar-refractivity contribution in [2.24, 2.45) is 0 Å². The number of pyridine rings is 1. The lowest BCUT2D eigenvalue weighted by atomic mass is 10.2. The van der Waals surface area contributed by atoms with Gasteiger partial charge >= 0.3 is 0 Å². The van der Waals surface area contributed by atoms with Gasteiger partial charge in [0.25, 0.3) is 15.7 Å². The number of benzene rings is 1. The van der Waals surface area contributed by atoms with E-state index in [2.05, 4.69) is 9.71 Å². The molecule has 8 nitrogen and oxygen atoms in total. The number of nitro groups is 1. The molecule has 3 N–H and O–H groups in total. The van der Waals surface area contributed by atoms with Crippen molar-refractivity contribution in [3.8, 4) is 0 Å². The maximum Gasteiger partial charge on any atom is 0.269 e. The minimum Gasteiger partial charge on any atom is -0.396 e. The van der Waals surface area contributed by atoms with Crippen LogP contribution in [0.3, 0.4) is 0 Å². The van der Waals surface area contributed by atoms with E-state index >= 15 is 0 Å². The Bertz CT molecular complexity index is 776. The maximum absolute atomic E-state index is 12.1. The molecule has 0 spiro atoms. The van der Waals surface area contributed by atoms with E-state index < -0.39 is 14.9 Å². The minimum atomic E-state index is -3.88. The van der Waals surface area contributed by atoms with Gasteiger partial charge in [0.15, 0.2) is 5.03 Å². The summed E-state index contributed by atoms with van der Waals surface area (Å²) in [5.74, 6) is 0. The molecule has 1 aromatic heterocycles. The van der Waals surface area contributed by atoms with E-state index in [9.17, 15) is 18.5 Å². The van der Waals surface area contributed by atoms with Crippen molar-refractivity contribution >= 4 is 21.4 Å². The molecule has 0 aliphatic heterocycles. The molecule has 1 aromatic carbocycles. The number of nitro benzene ring substituents is 1. The zero-order valence-electron chi connectivity index (χ0n) is 10.8. The van der Waals surface area contributed by atoms with Crippen molar-refractivity contribution in [1.29, 1.82) is 0 Å². The molecule has 1 heterocycles. The second kappa shape index (κ2) is 5.85. The predicted molar refractivity (Wildman–Crippen MR) is 75.8 cm³/mol. The third-order valence-electron chi connectivity index (χ3n) is 2.64. The molecule has 110 valence electrons. The van der Waals surface area contributed by atoms with Crippen LogP contribution in [0.15, 0.2) is 47.6 Å². The number of nitrogens with zero attached hydrogens (tertiary/aromatic N) is 2. The second-order valence-corrected chi connectivity index (χ2v) is 5.83. The number of non-ortho nitro benzene ring substituents is 1. The zero-order chi connectivity index (χ0) is 15.5. The van der Waals surface area contributed by atoms with Crippen LogP contribution >= 0.6 is 0 Å². The first-order chi connectivity index (χ1) is 9.90. The van der Waals surface area contributed by atoms with Crippen LogP contribution in [0.2, 0.25) is 0 Å². The Morgan fingerprint density at radius 3 is 2.71 bits per heavy atom. The van der Waals surface area contributed by atoms with Gasteiger partial charge in [-0.1, -0.05) is 12.1 Å². The molecule has 0 fully saturated rings. The van der Waals surface area contributed by atoms with E-state index in [1.807, 2.05) is 0 Å². The number of aromatic nitrogens is 1. The van der Waals surface area contributed by atoms with Gasteiger partial charge < -0.3 is 5.73 Å². The highest BCUT2D eigenvalue weighted by molar-refractivity contribution is 7.89. The molecule has 0 aliphatic rings. The van der Waals surface area contributed by atoms with Crippen molar-refractivity contribution in [3.63, 3.8) is 0 Å². The summed E-state index contributed by atoms with van der Waals surface area (Å²) in [6, 6.07) is 8.64. The Morgan fingerprint density at radius 1 is 1.29 bits per heavy atom. The van der Waals surface area contributed by atoms with Crippen LogP contribution in [0.1, 0.15) is 5.56 Å². The molecule has 0 saturated carbocycles. The molecule has 9 heteroatoms. The number of nitrogen functional groups attached to an aromatic ring is 1. The quantitative estimate of drug-likeness (QED) is 0.627. The molecule has 0 aliphatic carbocycles. The summed E-state index contributed by atoms with van der Waals surface area (Å²) in [7, 11) is -3.88. The predicted octanol–water partition coefficient (Wildman–Crippen LogP) is 1.05. The largest absolute Gasteiger partial charge is 0.396 e. The average Bonchev–Trinajstić information content (AvgIpc) is 2.46. The van der Waals surface area contributed by atoms with E-state index in [1.165, 1.54) is 36.5 Å². The average molecular weight is 308 g/mol. The molecular weight excluding hydrogens is 296 g/mol. The summed E-state index contributed by atoms with van der Waals surface area (Å²) in [5.41, 5.74) is 5.95. The molecule has 0 unspecified atom stereocenters. The first-order valence-corrected chi connectivity index (χ1v) is 7.32. The maximum atomic E-state index is 12.1. The lowest BCUT2D eigenvalue weighted by Gasteiger charge is -2.07. The molecule has 2 aromatic rings. The molecule has 0 radical (unpaired) electrons. The number of anilines is 1. The molecule has 0 amide bonds. The fourth-order valence-corrected chi connectivity index (χ4v) is 2.73. The van der Waals surface area contributed by atoms with Gasteiger partial charge in [0.05, 0.1) is 10.6 Å². The fraction of sp³-hybridized carbons (Fsp3) is 0.0833. The normalized spacial score (nSPS) is 11.2. The summed E-state index contributed by atoms with van der Waals surface area (Å²) in [6.45, 7) is -0.0972. The van der Waals surface area contributed by atoms with Crippen molar-refractivity contribution in [2.75, 3.05) is 5.73 Å². The number of hydrogen-bond donors (Lipinski definition) is 2. The van der Waals surface area contributed by atoms with Gasteiger partial charge in [-0.25, -0.2) is 18.1 Å². The summed E-state index contributed by atoms with van der Waals surface area (Å²) < 4.78 is 26.4. The third-order valence-corrected chi connectivity index (χ3v) is 4.02. The highest BCUT2D eigenvalue weighted by atomic mass is 32.2. The Labute approximate surface area is 120 Å². The lowest BCUT2D eigenvalue weighted by molar-refractivity contribution is -0.384. The smallest absolute Gasteiger partial charge is 0.269 e.